The van der Waals surface area contributed by atoms with Gasteiger partial charge in [0.15, 0.2) is 11.0 Å². The summed E-state index contributed by atoms with van der Waals surface area (Å²) in [6, 6.07) is 18.2. The molecule has 0 bridgehead atoms. The van der Waals surface area contributed by atoms with E-state index in [0.29, 0.717) is 32.3 Å². The van der Waals surface area contributed by atoms with Crippen LogP contribution >= 0.6 is 35.0 Å². The molecule has 0 saturated carbocycles. The Balaban J connectivity index is 1.65. The highest BCUT2D eigenvalue weighted by Crippen LogP contribution is 2.30. The summed E-state index contributed by atoms with van der Waals surface area (Å²) in [7, 11) is 0. The topological polar surface area (TPSA) is 59.8 Å². The van der Waals surface area contributed by atoms with Crippen LogP contribution in [-0.4, -0.2) is 20.7 Å². The molecule has 0 radical (unpaired) electrons. The number of carbonyl (C=O) groups excluding carboxylic acids is 1. The van der Waals surface area contributed by atoms with Gasteiger partial charge in [0.2, 0.25) is 0 Å². The van der Waals surface area contributed by atoms with Crippen LogP contribution in [0, 0.1) is 12.7 Å². The molecule has 1 aromatic heterocycles. The summed E-state index contributed by atoms with van der Waals surface area (Å²) in [5.41, 5.74) is 3.24. The summed E-state index contributed by atoms with van der Waals surface area (Å²) < 4.78 is 15.2. The number of rotatable bonds is 7. The van der Waals surface area contributed by atoms with Gasteiger partial charge in [-0.1, -0.05) is 53.2 Å². The van der Waals surface area contributed by atoms with Gasteiger partial charge in [0.05, 0.1) is 11.7 Å². The Morgan fingerprint density at radius 1 is 1.03 bits per heavy atom. The second kappa shape index (κ2) is 10.6. The average Bonchev–Trinajstić information content (AvgIpc) is 3.24. The zero-order valence-corrected chi connectivity index (χ0v) is 20.8. The van der Waals surface area contributed by atoms with Crippen molar-refractivity contribution in [1.29, 1.82) is 0 Å². The second-order valence-electron chi connectivity index (χ2n) is 7.72. The standard InChI is InChI=1S/C25H21Cl2FN4OS/c1-15-3-8-20(27)13-22(15)32-23(16(2)29-24(33)18-6-9-19(26)10-7-18)30-31-25(32)34-14-17-4-11-21(28)12-5-17/h3-13,16H,14H2,1-2H3,(H,29,33). The van der Waals surface area contributed by atoms with Crippen molar-refractivity contribution in [2.24, 2.45) is 0 Å². The van der Waals surface area contributed by atoms with E-state index in [1.807, 2.05) is 36.6 Å². The summed E-state index contributed by atoms with van der Waals surface area (Å²) in [6.07, 6.45) is 0. The third kappa shape index (κ3) is 5.60. The maximum absolute atomic E-state index is 13.3. The van der Waals surface area contributed by atoms with Crippen molar-refractivity contribution in [3.05, 3.63) is 105 Å². The fourth-order valence-corrected chi connectivity index (χ4v) is 4.58. The smallest absolute Gasteiger partial charge is 0.251 e. The van der Waals surface area contributed by atoms with E-state index in [-0.39, 0.29) is 11.7 Å². The van der Waals surface area contributed by atoms with Crippen LogP contribution in [0.15, 0.2) is 71.9 Å². The zero-order chi connectivity index (χ0) is 24.2. The van der Waals surface area contributed by atoms with Crippen molar-refractivity contribution in [1.82, 2.24) is 20.1 Å². The molecule has 5 nitrogen and oxygen atoms in total. The summed E-state index contributed by atoms with van der Waals surface area (Å²) in [6.45, 7) is 3.82. The minimum absolute atomic E-state index is 0.248. The average molecular weight is 515 g/mol. The van der Waals surface area contributed by atoms with E-state index in [1.165, 1.54) is 23.9 Å². The molecule has 9 heteroatoms. The van der Waals surface area contributed by atoms with Gasteiger partial charge in [-0.05, 0) is 73.5 Å². The molecule has 174 valence electrons. The van der Waals surface area contributed by atoms with E-state index < -0.39 is 6.04 Å². The largest absolute Gasteiger partial charge is 0.342 e. The van der Waals surface area contributed by atoms with E-state index in [0.717, 1.165) is 16.8 Å². The molecule has 0 aliphatic heterocycles. The van der Waals surface area contributed by atoms with E-state index in [9.17, 15) is 9.18 Å². The minimum atomic E-state index is -0.450. The third-order valence-corrected chi connectivity index (χ3v) is 6.68. The molecule has 0 aliphatic rings. The van der Waals surface area contributed by atoms with Gasteiger partial charge in [-0.3, -0.25) is 9.36 Å². The van der Waals surface area contributed by atoms with E-state index in [4.69, 9.17) is 23.2 Å². The molecule has 1 heterocycles. The number of thioether (sulfide) groups is 1. The first-order chi connectivity index (χ1) is 16.3. The van der Waals surface area contributed by atoms with Gasteiger partial charge in [0, 0.05) is 21.4 Å². The first kappa shape index (κ1) is 24.3. The van der Waals surface area contributed by atoms with Crippen molar-refractivity contribution in [2.75, 3.05) is 0 Å². The van der Waals surface area contributed by atoms with Crippen molar-refractivity contribution in [2.45, 2.75) is 30.8 Å². The Hall–Kier alpha value is -2.87. The lowest BCUT2D eigenvalue weighted by molar-refractivity contribution is 0.0938. The van der Waals surface area contributed by atoms with Crippen LogP contribution in [0.25, 0.3) is 5.69 Å². The minimum Gasteiger partial charge on any atom is -0.342 e. The van der Waals surface area contributed by atoms with Gasteiger partial charge in [0.25, 0.3) is 5.91 Å². The van der Waals surface area contributed by atoms with Gasteiger partial charge < -0.3 is 5.32 Å². The quantitative estimate of drug-likeness (QED) is 0.275. The van der Waals surface area contributed by atoms with Gasteiger partial charge in [-0.25, -0.2) is 4.39 Å². The molecule has 0 saturated heterocycles. The fourth-order valence-electron chi connectivity index (χ4n) is 3.38. The molecule has 1 N–H and O–H groups in total. The third-order valence-electron chi connectivity index (χ3n) is 5.19. The number of amides is 1. The van der Waals surface area contributed by atoms with Crippen molar-refractivity contribution >= 4 is 40.9 Å². The molecule has 4 aromatic rings. The zero-order valence-electron chi connectivity index (χ0n) is 18.4. The molecule has 0 aliphatic carbocycles. The molecule has 1 unspecified atom stereocenters. The van der Waals surface area contributed by atoms with Crippen LogP contribution < -0.4 is 5.32 Å². The Morgan fingerprint density at radius 2 is 1.71 bits per heavy atom. The molecular formula is C25H21Cl2FN4OS. The van der Waals surface area contributed by atoms with E-state index in [1.54, 1.807) is 36.4 Å². The predicted octanol–water partition coefficient (Wildman–Crippen LogP) is 6.80. The molecule has 4 rings (SSSR count). The van der Waals surface area contributed by atoms with Crippen LogP contribution in [0.5, 0.6) is 0 Å². The highest BCUT2D eigenvalue weighted by Gasteiger charge is 2.23. The molecule has 1 atom stereocenters. The number of hydrogen-bond acceptors (Lipinski definition) is 4. The second-order valence-corrected chi connectivity index (χ2v) is 9.54. The lowest BCUT2D eigenvalue weighted by Crippen LogP contribution is -2.28. The Kier molecular flexibility index (Phi) is 7.56. The lowest BCUT2D eigenvalue weighted by Gasteiger charge is -2.18. The number of nitrogens with zero attached hydrogens (tertiary/aromatic N) is 3. The van der Waals surface area contributed by atoms with Crippen LogP contribution in [0.4, 0.5) is 4.39 Å². The molecular weight excluding hydrogens is 494 g/mol. The van der Waals surface area contributed by atoms with Crippen molar-refractivity contribution in [3.8, 4) is 5.69 Å². The summed E-state index contributed by atoms with van der Waals surface area (Å²) in [4.78, 5) is 12.8. The van der Waals surface area contributed by atoms with Gasteiger partial charge in [-0.15, -0.1) is 10.2 Å². The highest BCUT2D eigenvalue weighted by atomic mass is 35.5. The van der Waals surface area contributed by atoms with Gasteiger partial charge in [-0.2, -0.15) is 0 Å². The maximum Gasteiger partial charge on any atom is 0.251 e. The fraction of sp³-hybridized carbons (Fsp3) is 0.160. The van der Waals surface area contributed by atoms with Crippen LogP contribution in [-0.2, 0) is 5.75 Å². The first-order valence-electron chi connectivity index (χ1n) is 10.5. The number of carbonyl (C=O) groups is 1. The molecule has 0 fully saturated rings. The highest BCUT2D eigenvalue weighted by molar-refractivity contribution is 7.98. The van der Waals surface area contributed by atoms with Gasteiger partial charge in [0.1, 0.15) is 5.82 Å². The molecule has 0 spiro atoms. The summed E-state index contributed by atoms with van der Waals surface area (Å²) in [5, 5.41) is 13.6. The van der Waals surface area contributed by atoms with Crippen molar-refractivity contribution < 1.29 is 9.18 Å². The number of aryl methyl sites for hydroxylation is 1. The predicted molar refractivity (Wildman–Crippen MR) is 134 cm³/mol. The van der Waals surface area contributed by atoms with E-state index in [2.05, 4.69) is 15.5 Å². The van der Waals surface area contributed by atoms with Crippen LogP contribution in [0.2, 0.25) is 10.0 Å². The molecule has 1 amide bonds. The Bertz CT molecular complexity index is 1310. The lowest BCUT2D eigenvalue weighted by atomic mass is 10.1. The normalized spacial score (nSPS) is 11.9. The molecule has 34 heavy (non-hydrogen) atoms. The number of hydrogen-bond donors (Lipinski definition) is 1. The molecule has 3 aromatic carbocycles. The maximum atomic E-state index is 13.3. The number of aromatic nitrogens is 3. The SMILES string of the molecule is Cc1ccc(Cl)cc1-n1c(SCc2ccc(F)cc2)nnc1C(C)NC(=O)c1ccc(Cl)cc1. The number of benzene rings is 3. The van der Waals surface area contributed by atoms with Crippen LogP contribution in [0.1, 0.15) is 40.3 Å². The number of halogens is 3. The Morgan fingerprint density at radius 3 is 2.41 bits per heavy atom. The van der Waals surface area contributed by atoms with Crippen molar-refractivity contribution in [3.63, 3.8) is 0 Å². The van der Waals surface area contributed by atoms with E-state index >= 15 is 0 Å². The monoisotopic (exact) mass is 514 g/mol. The first-order valence-corrected chi connectivity index (χ1v) is 12.2. The number of nitrogens with one attached hydrogen (secondary N) is 1. The summed E-state index contributed by atoms with van der Waals surface area (Å²) >= 11 is 13.7. The van der Waals surface area contributed by atoms with Crippen LogP contribution in [0.3, 0.4) is 0 Å². The Labute approximate surface area is 211 Å². The summed E-state index contributed by atoms with van der Waals surface area (Å²) in [5.74, 6) is 0.610. The van der Waals surface area contributed by atoms with Gasteiger partial charge >= 0.3 is 0 Å².